The number of sulfonamides is 1. The Morgan fingerprint density at radius 1 is 1.07 bits per heavy atom. The van der Waals surface area contributed by atoms with Gasteiger partial charge in [0.05, 0.1) is 20.7 Å². The molecule has 4 aromatic rings. The van der Waals surface area contributed by atoms with Gasteiger partial charge < -0.3 is 14.2 Å². The van der Waals surface area contributed by atoms with Crippen LogP contribution in [-0.2, 0) is 17.1 Å². The first kappa shape index (κ1) is 30.6. The molecular weight excluding hydrogens is 603 g/mol. The summed E-state index contributed by atoms with van der Waals surface area (Å²) in [5.41, 5.74) is 1.87. The van der Waals surface area contributed by atoms with Crippen molar-refractivity contribution in [3.8, 4) is 22.6 Å². The van der Waals surface area contributed by atoms with Gasteiger partial charge in [0.15, 0.2) is 0 Å². The predicted octanol–water partition coefficient (Wildman–Crippen LogP) is 6.45. The minimum atomic E-state index is -3.64. The molecule has 0 bridgehead atoms. The number of anilines is 1. The standard InChI is InChI=1S/C30H30F3N3O5S2/c1-5-43(39,40)34-20-6-7-24(41-26-17(2)12-19(31)13-18(26)3)21(14-20)23-16-35(4)28(37)22-15-25(42-27(22)23)29(38)36-10-8-30(32,33)9-11-36/h6-7,12-16,34H,5,8-11H2,1-4H3. The number of rotatable bonds is 7. The molecule has 1 amide bonds. The first-order chi connectivity index (χ1) is 20.2. The number of hydrogen-bond acceptors (Lipinski definition) is 6. The van der Waals surface area contributed by atoms with E-state index in [0.29, 0.717) is 38.5 Å². The second-order valence-corrected chi connectivity index (χ2v) is 13.7. The molecule has 2 aromatic carbocycles. The summed E-state index contributed by atoms with van der Waals surface area (Å²) in [5.74, 6) is -3.12. The van der Waals surface area contributed by atoms with E-state index in [9.17, 15) is 31.2 Å². The minimum Gasteiger partial charge on any atom is -0.456 e. The van der Waals surface area contributed by atoms with Crippen LogP contribution in [0.15, 0.2) is 47.4 Å². The smallest absolute Gasteiger partial charge is 0.263 e. The molecule has 228 valence electrons. The zero-order chi connectivity index (χ0) is 31.3. The molecule has 8 nitrogen and oxygen atoms in total. The highest BCUT2D eigenvalue weighted by molar-refractivity contribution is 7.92. The Morgan fingerprint density at radius 3 is 2.35 bits per heavy atom. The molecule has 3 heterocycles. The Morgan fingerprint density at radius 2 is 1.72 bits per heavy atom. The SMILES string of the molecule is CCS(=O)(=O)Nc1ccc(Oc2c(C)cc(F)cc2C)c(-c2cn(C)c(=O)c3cc(C(=O)N4CCC(F)(F)CC4)sc23)c1. The van der Waals surface area contributed by atoms with E-state index in [4.69, 9.17) is 4.74 Å². The van der Waals surface area contributed by atoms with Crippen molar-refractivity contribution >= 4 is 43.0 Å². The van der Waals surface area contributed by atoms with Crippen molar-refractivity contribution in [2.45, 2.75) is 39.5 Å². The number of hydrogen-bond donors (Lipinski definition) is 1. The van der Waals surface area contributed by atoms with Crippen molar-refractivity contribution in [1.82, 2.24) is 9.47 Å². The minimum absolute atomic E-state index is 0.0983. The number of fused-ring (bicyclic) bond motifs is 1. The van der Waals surface area contributed by atoms with Crippen LogP contribution in [0, 0.1) is 19.7 Å². The van der Waals surface area contributed by atoms with Gasteiger partial charge in [0.2, 0.25) is 10.0 Å². The number of carbonyl (C=O) groups excluding carboxylic acids is 1. The average molecular weight is 634 g/mol. The van der Waals surface area contributed by atoms with Crippen molar-refractivity contribution in [2.75, 3.05) is 23.6 Å². The van der Waals surface area contributed by atoms with Gasteiger partial charge in [-0.3, -0.25) is 14.3 Å². The monoisotopic (exact) mass is 633 g/mol. The molecule has 2 aromatic heterocycles. The summed E-state index contributed by atoms with van der Waals surface area (Å²) in [4.78, 5) is 28.1. The number of pyridine rings is 1. The third-order valence-electron chi connectivity index (χ3n) is 7.40. The third kappa shape index (κ3) is 6.28. The van der Waals surface area contributed by atoms with Crippen LogP contribution >= 0.6 is 11.3 Å². The molecule has 13 heteroatoms. The molecule has 0 unspecified atom stereocenters. The van der Waals surface area contributed by atoms with Crippen LogP contribution in [0.2, 0.25) is 0 Å². The van der Waals surface area contributed by atoms with E-state index in [1.807, 2.05) is 0 Å². The number of nitrogens with zero attached hydrogens (tertiary/aromatic N) is 2. The van der Waals surface area contributed by atoms with E-state index in [1.165, 1.54) is 40.7 Å². The van der Waals surface area contributed by atoms with Crippen molar-refractivity contribution in [3.63, 3.8) is 0 Å². The summed E-state index contributed by atoms with van der Waals surface area (Å²) in [6, 6.07) is 8.83. The second-order valence-electron chi connectivity index (χ2n) is 10.6. The lowest BCUT2D eigenvalue weighted by Crippen LogP contribution is -2.42. The molecule has 43 heavy (non-hydrogen) atoms. The summed E-state index contributed by atoms with van der Waals surface area (Å²) in [6.07, 6.45) is 0.710. The fourth-order valence-electron chi connectivity index (χ4n) is 5.05. The third-order valence-corrected chi connectivity index (χ3v) is 9.87. The number of ether oxygens (including phenoxy) is 1. The lowest BCUT2D eigenvalue weighted by molar-refractivity contribution is -0.0493. The van der Waals surface area contributed by atoms with Crippen molar-refractivity contribution in [3.05, 3.63) is 74.8 Å². The Balaban J connectivity index is 1.67. The number of aromatic nitrogens is 1. The summed E-state index contributed by atoms with van der Waals surface area (Å²) >= 11 is 1.05. The molecule has 0 aliphatic carbocycles. The number of benzene rings is 2. The fraction of sp³-hybridized carbons (Fsp3) is 0.333. The topological polar surface area (TPSA) is 97.7 Å². The van der Waals surface area contributed by atoms with Crippen LogP contribution in [0.1, 0.15) is 40.6 Å². The van der Waals surface area contributed by atoms with E-state index >= 15 is 0 Å². The predicted molar refractivity (Wildman–Crippen MR) is 162 cm³/mol. The highest BCUT2D eigenvalue weighted by atomic mass is 32.2. The number of likely N-dealkylation sites (tertiary alicyclic amines) is 1. The number of piperidine rings is 1. The summed E-state index contributed by atoms with van der Waals surface area (Å²) in [7, 11) is -2.08. The molecule has 1 N–H and O–H groups in total. The number of carbonyl (C=O) groups is 1. The van der Waals surface area contributed by atoms with E-state index in [2.05, 4.69) is 4.72 Å². The number of thiophene rings is 1. The van der Waals surface area contributed by atoms with Crippen molar-refractivity contribution < 1.29 is 31.1 Å². The number of halogens is 3. The first-order valence-electron chi connectivity index (χ1n) is 13.6. The zero-order valence-corrected chi connectivity index (χ0v) is 25.6. The van der Waals surface area contributed by atoms with Crippen LogP contribution in [0.25, 0.3) is 21.2 Å². The normalized spacial score (nSPS) is 15.1. The maximum Gasteiger partial charge on any atom is 0.263 e. The van der Waals surface area contributed by atoms with Crippen LogP contribution in [0.4, 0.5) is 18.9 Å². The molecule has 1 saturated heterocycles. The molecule has 0 radical (unpaired) electrons. The van der Waals surface area contributed by atoms with Crippen LogP contribution < -0.4 is 15.0 Å². The van der Waals surface area contributed by atoms with Gasteiger partial charge in [-0.2, -0.15) is 0 Å². The van der Waals surface area contributed by atoms with Gasteiger partial charge >= 0.3 is 0 Å². The number of alkyl halides is 2. The molecule has 0 saturated carbocycles. The molecule has 0 spiro atoms. The van der Waals surface area contributed by atoms with Gasteiger partial charge in [-0.25, -0.2) is 21.6 Å². The van der Waals surface area contributed by atoms with E-state index < -0.39 is 40.5 Å². The van der Waals surface area contributed by atoms with Gasteiger partial charge in [-0.05, 0) is 68.3 Å². The Bertz CT molecular complexity index is 1890. The van der Waals surface area contributed by atoms with Crippen molar-refractivity contribution in [2.24, 2.45) is 7.05 Å². The van der Waals surface area contributed by atoms with Gasteiger partial charge in [-0.1, -0.05) is 0 Å². The quantitative estimate of drug-likeness (QED) is 0.252. The maximum atomic E-state index is 14.0. The number of aryl methyl sites for hydroxylation is 3. The van der Waals surface area contributed by atoms with Gasteiger partial charge in [0.25, 0.3) is 17.4 Å². The summed E-state index contributed by atoms with van der Waals surface area (Å²) in [5, 5.41) is 0.246. The maximum absolute atomic E-state index is 14.0. The molecule has 5 rings (SSSR count). The summed E-state index contributed by atoms with van der Waals surface area (Å²) in [6.45, 7) is 4.71. The van der Waals surface area contributed by atoms with Crippen LogP contribution in [-0.4, -0.2) is 48.6 Å². The Labute approximate surface area is 250 Å². The Kier molecular flexibility index (Phi) is 8.07. The fourth-order valence-corrected chi connectivity index (χ4v) is 6.83. The Hall–Kier alpha value is -3.84. The summed E-state index contributed by atoms with van der Waals surface area (Å²) < 4.78 is 76.8. The highest BCUT2D eigenvalue weighted by Crippen LogP contribution is 2.42. The van der Waals surface area contributed by atoms with Crippen molar-refractivity contribution in [1.29, 1.82) is 0 Å². The molecule has 1 fully saturated rings. The van der Waals surface area contributed by atoms with Gasteiger partial charge in [0, 0.05) is 56.0 Å². The lowest BCUT2D eigenvalue weighted by Gasteiger charge is -2.31. The average Bonchev–Trinajstić information content (AvgIpc) is 3.39. The zero-order valence-electron chi connectivity index (χ0n) is 24.0. The van der Waals surface area contributed by atoms with E-state index in [1.54, 1.807) is 39.2 Å². The van der Waals surface area contributed by atoms with Crippen LogP contribution in [0.3, 0.4) is 0 Å². The molecule has 0 atom stereocenters. The second kappa shape index (κ2) is 11.3. The first-order valence-corrected chi connectivity index (χ1v) is 16.0. The van der Waals surface area contributed by atoms with E-state index in [-0.39, 0.29) is 40.4 Å². The van der Waals surface area contributed by atoms with Crippen LogP contribution in [0.5, 0.6) is 11.5 Å². The number of amides is 1. The van der Waals surface area contributed by atoms with Gasteiger partial charge in [0.1, 0.15) is 17.3 Å². The highest BCUT2D eigenvalue weighted by Gasteiger charge is 2.36. The largest absolute Gasteiger partial charge is 0.456 e. The molecule has 1 aliphatic rings. The van der Waals surface area contributed by atoms with Gasteiger partial charge in [-0.15, -0.1) is 11.3 Å². The lowest BCUT2D eigenvalue weighted by atomic mass is 10.0. The van der Waals surface area contributed by atoms with E-state index in [0.717, 1.165) is 11.3 Å². The molecule has 1 aliphatic heterocycles. The molecular formula is C30H30F3N3O5S2. The number of nitrogens with one attached hydrogen (secondary N) is 1.